The molecule has 0 saturated carbocycles. The largest absolute Gasteiger partial charge is 0.444 e. The summed E-state index contributed by atoms with van der Waals surface area (Å²) in [6, 6.07) is 8.63. The van der Waals surface area contributed by atoms with Gasteiger partial charge in [0.05, 0.1) is 12.2 Å². The van der Waals surface area contributed by atoms with Gasteiger partial charge in [0.2, 0.25) is 5.89 Å². The van der Waals surface area contributed by atoms with Gasteiger partial charge in [-0.05, 0) is 31.5 Å². The molecule has 2 aromatic rings. The molecule has 0 aliphatic carbocycles. The fourth-order valence-electron chi connectivity index (χ4n) is 1.84. The van der Waals surface area contributed by atoms with Gasteiger partial charge in [0.15, 0.2) is 0 Å². The van der Waals surface area contributed by atoms with Crippen LogP contribution in [0.15, 0.2) is 34.9 Å². The maximum Gasteiger partial charge on any atom is 0.211 e. The first-order valence-corrected chi connectivity index (χ1v) is 6.48. The minimum Gasteiger partial charge on any atom is -0.444 e. The number of nitrogens with one attached hydrogen (secondary N) is 1. The summed E-state index contributed by atoms with van der Waals surface area (Å²) in [4.78, 5) is 6.32. The second-order valence-corrected chi connectivity index (χ2v) is 4.97. The summed E-state index contributed by atoms with van der Waals surface area (Å²) < 4.78 is 5.50. The van der Waals surface area contributed by atoms with E-state index in [1.54, 1.807) is 6.20 Å². The van der Waals surface area contributed by atoms with Crippen molar-refractivity contribution < 1.29 is 4.42 Å². The minimum absolute atomic E-state index is 0.113. The van der Waals surface area contributed by atoms with Crippen LogP contribution >= 0.6 is 0 Å². The quantitative estimate of drug-likeness (QED) is 0.896. The summed E-state index contributed by atoms with van der Waals surface area (Å²) in [5, 5.41) is 3.41. The predicted octanol–water partition coefficient (Wildman–Crippen LogP) is 2.90. The lowest BCUT2D eigenvalue weighted by atomic mass is 10.2. The van der Waals surface area contributed by atoms with Crippen LogP contribution in [0.3, 0.4) is 0 Å². The van der Waals surface area contributed by atoms with E-state index in [4.69, 9.17) is 4.42 Å². The first-order chi connectivity index (χ1) is 9.06. The van der Waals surface area contributed by atoms with Crippen molar-refractivity contribution in [2.45, 2.75) is 26.4 Å². The number of oxazole rings is 1. The van der Waals surface area contributed by atoms with Crippen LogP contribution in [0.2, 0.25) is 0 Å². The van der Waals surface area contributed by atoms with Gasteiger partial charge >= 0.3 is 0 Å². The van der Waals surface area contributed by atoms with Crippen LogP contribution in [0.25, 0.3) is 0 Å². The molecule has 4 nitrogen and oxygen atoms in total. The fraction of sp³-hybridized carbons (Fsp3) is 0.400. The Morgan fingerprint density at radius 3 is 2.47 bits per heavy atom. The molecule has 1 unspecified atom stereocenters. The molecule has 2 rings (SSSR count). The van der Waals surface area contributed by atoms with E-state index < -0.39 is 0 Å². The van der Waals surface area contributed by atoms with Crippen LogP contribution in [-0.2, 0) is 6.54 Å². The number of aryl methyl sites for hydroxylation is 1. The maximum absolute atomic E-state index is 5.50. The Kier molecular flexibility index (Phi) is 4.22. The SMILES string of the molecule is Cc1cnc(C(C)NCc2ccc(N(C)C)cc2)o1. The molecule has 0 saturated heterocycles. The average molecular weight is 259 g/mol. The molecule has 1 atom stereocenters. The van der Waals surface area contributed by atoms with E-state index in [-0.39, 0.29) is 6.04 Å². The highest BCUT2D eigenvalue weighted by atomic mass is 16.4. The zero-order chi connectivity index (χ0) is 13.8. The second kappa shape index (κ2) is 5.89. The summed E-state index contributed by atoms with van der Waals surface area (Å²) in [6.07, 6.45) is 1.75. The predicted molar refractivity (Wildman–Crippen MR) is 77.3 cm³/mol. The summed E-state index contributed by atoms with van der Waals surface area (Å²) in [6.45, 7) is 4.76. The fourth-order valence-corrected chi connectivity index (χ4v) is 1.84. The first kappa shape index (κ1) is 13.6. The number of benzene rings is 1. The van der Waals surface area contributed by atoms with Crippen LogP contribution in [-0.4, -0.2) is 19.1 Å². The third-order valence-electron chi connectivity index (χ3n) is 3.07. The number of nitrogens with zero attached hydrogens (tertiary/aromatic N) is 2. The molecule has 19 heavy (non-hydrogen) atoms. The third-order valence-corrected chi connectivity index (χ3v) is 3.07. The van der Waals surface area contributed by atoms with E-state index in [1.807, 2.05) is 21.0 Å². The van der Waals surface area contributed by atoms with Crippen molar-refractivity contribution in [3.8, 4) is 0 Å². The first-order valence-electron chi connectivity index (χ1n) is 6.48. The standard InChI is InChI=1S/C15H21N3O/c1-11-9-17-15(19-11)12(2)16-10-13-5-7-14(8-6-13)18(3)4/h5-9,12,16H,10H2,1-4H3. The molecule has 0 aliphatic heterocycles. The summed E-state index contributed by atoms with van der Waals surface area (Å²) in [5.74, 6) is 1.58. The second-order valence-electron chi connectivity index (χ2n) is 4.97. The van der Waals surface area contributed by atoms with Crippen LogP contribution < -0.4 is 10.2 Å². The van der Waals surface area contributed by atoms with E-state index in [0.29, 0.717) is 0 Å². The van der Waals surface area contributed by atoms with Crippen LogP contribution in [0.1, 0.15) is 30.2 Å². The zero-order valence-corrected chi connectivity index (χ0v) is 12.0. The summed E-state index contributed by atoms with van der Waals surface area (Å²) in [5.41, 5.74) is 2.46. The van der Waals surface area contributed by atoms with Crippen molar-refractivity contribution in [1.82, 2.24) is 10.3 Å². The van der Waals surface area contributed by atoms with Crippen molar-refractivity contribution in [1.29, 1.82) is 0 Å². The lowest BCUT2D eigenvalue weighted by molar-refractivity contribution is 0.402. The van der Waals surface area contributed by atoms with Gasteiger partial charge in [0.1, 0.15) is 5.76 Å². The molecule has 0 spiro atoms. The molecule has 1 aromatic carbocycles. The van der Waals surface area contributed by atoms with E-state index in [1.165, 1.54) is 11.3 Å². The van der Waals surface area contributed by atoms with Gasteiger partial charge in [-0.1, -0.05) is 12.1 Å². The highest BCUT2D eigenvalue weighted by molar-refractivity contribution is 5.45. The zero-order valence-electron chi connectivity index (χ0n) is 12.0. The topological polar surface area (TPSA) is 41.3 Å². The van der Waals surface area contributed by atoms with E-state index in [9.17, 15) is 0 Å². The van der Waals surface area contributed by atoms with Gasteiger partial charge < -0.3 is 14.6 Å². The Morgan fingerprint density at radius 2 is 1.95 bits per heavy atom. The number of rotatable bonds is 5. The van der Waals surface area contributed by atoms with Crippen LogP contribution in [0.4, 0.5) is 5.69 Å². The Bertz CT molecular complexity index is 516. The molecule has 4 heteroatoms. The Balaban J connectivity index is 1.91. The van der Waals surface area contributed by atoms with Gasteiger partial charge in [0, 0.05) is 26.3 Å². The average Bonchev–Trinajstić information content (AvgIpc) is 2.83. The van der Waals surface area contributed by atoms with Gasteiger partial charge in [-0.2, -0.15) is 0 Å². The Labute approximate surface area is 114 Å². The van der Waals surface area contributed by atoms with E-state index >= 15 is 0 Å². The molecule has 0 fully saturated rings. The molecule has 0 aliphatic rings. The monoisotopic (exact) mass is 259 g/mol. The van der Waals surface area contributed by atoms with Gasteiger partial charge in [-0.3, -0.25) is 0 Å². The molecule has 1 heterocycles. The van der Waals surface area contributed by atoms with Gasteiger partial charge in [-0.15, -0.1) is 0 Å². The summed E-state index contributed by atoms with van der Waals surface area (Å²) >= 11 is 0. The van der Waals surface area contributed by atoms with Gasteiger partial charge in [-0.25, -0.2) is 4.98 Å². The van der Waals surface area contributed by atoms with Crippen LogP contribution in [0, 0.1) is 6.92 Å². The van der Waals surface area contributed by atoms with Crippen molar-refractivity contribution in [3.63, 3.8) is 0 Å². The molecule has 102 valence electrons. The maximum atomic E-state index is 5.50. The summed E-state index contributed by atoms with van der Waals surface area (Å²) in [7, 11) is 4.08. The van der Waals surface area contributed by atoms with Crippen LogP contribution in [0.5, 0.6) is 0 Å². The van der Waals surface area contributed by atoms with Crippen molar-refractivity contribution >= 4 is 5.69 Å². The molecular formula is C15H21N3O. The number of aromatic nitrogens is 1. The van der Waals surface area contributed by atoms with E-state index in [0.717, 1.165) is 18.2 Å². The van der Waals surface area contributed by atoms with E-state index in [2.05, 4.69) is 46.4 Å². The highest BCUT2D eigenvalue weighted by Gasteiger charge is 2.10. The Hall–Kier alpha value is -1.81. The lowest BCUT2D eigenvalue weighted by Crippen LogP contribution is -2.18. The highest BCUT2D eigenvalue weighted by Crippen LogP contribution is 2.15. The number of hydrogen-bond acceptors (Lipinski definition) is 4. The van der Waals surface area contributed by atoms with Crippen molar-refractivity contribution in [2.24, 2.45) is 0 Å². The molecule has 1 aromatic heterocycles. The smallest absolute Gasteiger partial charge is 0.211 e. The Morgan fingerprint density at radius 1 is 1.26 bits per heavy atom. The molecule has 1 N–H and O–H groups in total. The third kappa shape index (κ3) is 3.58. The molecule has 0 bridgehead atoms. The van der Waals surface area contributed by atoms with Gasteiger partial charge in [0.25, 0.3) is 0 Å². The van der Waals surface area contributed by atoms with Crippen molar-refractivity contribution in [3.05, 3.63) is 47.7 Å². The number of hydrogen-bond donors (Lipinski definition) is 1. The van der Waals surface area contributed by atoms with Crippen molar-refractivity contribution in [2.75, 3.05) is 19.0 Å². The normalized spacial score (nSPS) is 12.4. The minimum atomic E-state index is 0.113. The number of anilines is 1. The lowest BCUT2D eigenvalue weighted by Gasteiger charge is -2.14. The molecule has 0 amide bonds. The molecular weight excluding hydrogens is 238 g/mol. The molecule has 0 radical (unpaired) electrons.